The highest BCUT2D eigenvalue weighted by Gasteiger charge is 2.84. The molecule has 0 aliphatic heterocycles. The van der Waals surface area contributed by atoms with Crippen LogP contribution in [0.4, 0.5) is 0 Å². The Morgan fingerprint density at radius 3 is 1.88 bits per heavy atom. The first-order valence-corrected chi connectivity index (χ1v) is 3.77. The first-order valence-electron chi connectivity index (χ1n) is 3.77. The van der Waals surface area contributed by atoms with Gasteiger partial charge in [-0.15, -0.1) is 0 Å². The third-order valence-corrected chi connectivity index (χ3v) is 3.71. The second-order valence-corrected chi connectivity index (χ2v) is 4.43. The molecule has 0 bridgehead atoms. The SMILES string of the molecule is CC1CC23CC2(C1)C3. The third kappa shape index (κ3) is 0.206. The van der Waals surface area contributed by atoms with Crippen LogP contribution in [0, 0.1) is 16.7 Å². The smallest absolute Gasteiger partial charge is 0.0227 e. The minimum atomic E-state index is 0.979. The van der Waals surface area contributed by atoms with E-state index in [0.29, 0.717) is 0 Å². The fourth-order valence-electron chi connectivity index (χ4n) is 3.28. The van der Waals surface area contributed by atoms with Crippen LogP contribution in [0.25, 0.3) is 0 Å². The zero-order valence-corrected chi connectivity index (χ0v) is 5.41. The van der Waals surface area contributed by atoms with Crippen LogP contribution in [0.3, 0.4) is 0 Å². The van der Waals surface area contributed by atoms with E-state index in [1.165, 1.54) is 0 Å². The van der Waals surface area contributed by atoms with Crippen molar-refractivity contribution >= 4 is 0 Å². The molecule has 0 atom stereocenters. The van der Waals surface area contributed by atoms with Crippen LogP contribution in [-0.4, -0.2) is 0 Å². The van der Waals surface area contributed by atoms with Crippen LogP contribution in [-0.2, 0) is 0 Å². The Balaban J connectivity index is 2.00. The molecule has 0 aromatic carbocycles. The van der Waals surface area contributed by atoms with Crippen LogP contribution < -0.4 is 0 Å². The summed E-state index contributed by atoms with van der Waals surface area (Å²) in [6.07, 6.45) is 6.38. The first kappa shape index (κ1) is 3.92. The Kier molecular flexibility index (Phi) is 0.342. The second kappa shape index (κ2) is 0.698. The maximum atomic E-state index is 2.41. The normalized spacial score (nSPS) is 73.9. The van der Waals surface area contributed by atoms with Crippen molar-refractivity contribution < 1.29 is 0 Å². The summed E-state index contributed by atoms with van der Waals surface area (Å²) >= 11 is 0. The van der Waals surface area contributed by atoms with Crippen molar-refractivity contribution in [1.29, 1.82) is 0 Å². The van der Waals surface area contributed by atoms with Gasteiger partial charge >= 0.3 is 0 Å². The molecule has 3 rings (SSSR count). The molecule has 0 N–H and O–H groups in total. The van der Waals surface area contributed by atoms with E-state index in [-0.39, 0.29) is 0 Å². The maximum Gasteiger partial charge on any atom is -0.0227 e. The van der Waals surface area contributed by atoms with Gasteiger partial charge in [-0.3, -0.25) is 0 Å². The molecule has 3 aliphatic carbocycles. The molecule has 0 amide bonds. The lowest BCUT2D eigenvalue weighted by atomic mass is 9.92. The van der Waals surface area contributed by atoms with Crippen molar-refractivity contribution in [3.63, 3.8) is 0 Å². The average Bonchev–Trinajstić information content (AvgIpc) is 2.20. The van der Waals surface area contributed by atoms with Gasteiger partial charge in [0, 0.05) is 0 Å². The lowest BCUT2D eigenvalue weighted by molar-refractivity contribution is 0.382. The van der Waals surface area contributed by atoms with Crippen LogP contribution in [0.5, 0.6) is 0 Å². The molecule has 0 heterocycles. The lowest BCUT2D eigenvalue weighted by Gasteiger charge is -2.13. The van der Waals surface area contributed by atoms with Crippen molar-refractivity contribution in [1.82, 2.24) is 0 Å². The van der Waals surface area contributed by atoms with Gasteiger partial charge in [0.15, 0.2) is 0 Å². The minimum Gasteiger partial charge on any atom is -0.0625 e. The van der Waals surface area contributed by atoms with Gasteiger partial charge in [0.05, 0.1) is 0 Å². The lowest BCUT2D eigenvalue weighted by Crippen LogP contribution is -2.01. The van der Waals surface area contributed by atoms with Gasteiger partial charge in [0.1, 0.15) is 0 Å². The van der Waals surface area contributed by atoms with E-state index in [1.54, 1.807) is 25.7 Å². The van der Waals surface area contributed by atoms with Gasteiger partial charge in [0.2, 0.25) is 0 Å². The molecule has 3 fully saturated rings. The highest BCUT2D eigenvalue weighted by molar-refractivity contribution is 5.34. The van der Waals surface area contributed by atoms with E-state index in [0.717, 1.165) is 16.7 Å². The topological polar surface area (TPSA) is 0 Å². The molecular weight excluding hydrogens is 96.1 g/mol. The standard InChI is InChI=1S/C8H12/c1-6-2-7-4-8(7,3-6)5-7/h6H,2-5H2,1H3. The molecule has 0 nitrogen and oxygen atoms in total. The molecule has 0 aromatic rings. The third-order valence-electron chi connectivity index (χ3n) is 3.71. The van der Waals surface area contributed by atoms with Gasteiger partial charge < -0.3 is 0 Å². The number of hydrogen-bond acceptors (Lipinski definition) is 0. The quantitative estimate of drug-likeness (QED) is 0.446. The maximum absolute atomic E-state index is 2.41. The minimum absolute atomic E-state index is 0.979. The predicted molar refractivity (Wildman–Crippen MR) is 32.5 cm³/mol. The molecule has 0 aromatic heterocycles. The van der Waals surface area contributed by atoms with Crippen molar-refractivity contribution in [3.05, 3.63) is 0 Å². The Bertz CT molecular complexity index is 135. The van der Waals surface area contributed by atoms with Crippen LogP contribution >= 0.6 is 0 Å². The van der Waals surface area contributed by atoms with Gasteiger partial charge in [-0.2, -0.15) is 0 Å². The fraction of sp³-hybridized carbons (Fsp3) is 1.00. The van der Waals surface area contributed by atoms with E-state index in [2.05, 4.69) is 6.92 Å². The number of hydrogen-bond donors (Lipinski definition) is 0. The molecule has 0 unspecified atom stereocenters. The monoisotopic (exact) mass is 108 g/mol. The van der Waals surface area contributed by atoms with Crippen molar-refractivity contribution in [2.45, 2.75) is 32.6 Å². The van der Waals surface area contributed by atoms with E-state index < -0.39 is 0 Å². The summed E-state index contributed by atoms with van der Waals surface area (Å²) in [6.45, 7) is 2.41. The molecule has 3 saturated carbocycles. The first-order chi connectivity index (χ1) is 3.77. The second-order valence-electron chi connectivity index (χ2n) is 4.43. The number of rotatable bonds is 0. The van der Waals surface area contributed by atoms with E-state index in [9.17, 15) is 0 Å². The average molecular weight is 108 g/mol. The summed E-state index contributed by atoms with van der Waals surface area (Å²) in [5.74, 6) is 1.08. The van der Waals surface area contributed by atoms with Crippen molar-refractivity contribution in [2.24, 2.45) is 16.7 Å². The van der Waals surface area contributed by atoms with E-state index in [1.807, 2.05) is 0 Å². The molecule has 0 radical (unpaired) electrons. The zero-order chi connectivity index (χ0) is 5.41. The Morgan fingerprint density at radius 2 is 1.62 bits per heavy atom. The fourth-order valence-corrected chi connectivity index (χ4v) is 3.28. The molecule has 0 spiro atoms. The van der Waals surface area contributed by atoms with Crippen LogP contribution in [0.2, 0.25) is 0 Å². The Hall–Kier alpha value is 0. The molecule has 44 valence electrons. The summed E-state index contributed by atoms with van der Waals surface area (Å²) in [4.78, 5) is 0. The van der Waals surface area contributed by atoms with E-state index >= 15 is 0 Å². The highest BCUT2D eigenvalue weighted by Crippen LogP contribution is 2.93. The highest BCUT2D eigenvalue weighted by atomic mass is 14.9. The molecule has 3 aliphatic rings. The van der Waals surface area contributed by atoms with Crippen molar-refractivity contribution in [3.8, 4) is 0 Å². The Labute approximate surface area is 50.3 Å². The van der Waals surface area contributed by atoms with Crippen LogP contribution in [0.15, 0.2) is 0 Å². The predicted octanol–water partition coefficient (Wildman–Crippen LogP) is 2.20. The zero-order valence-electron chi connectivity index (χ0n) is 5.41. The molecular formula is C8H12. The summed E-state index contributed by atoms with van der Waals surface area (Å²) < 4.78 is 0. The van der Waals surface area contributed by atoms with Gasteiger partial charge in [-0.05, 0) is 42.4 Å². The van der Waals surface area contributed by atoms with Crippen molar-refractivity contribution in [2.75, 3.05) is 0 Å². The van der Waals surface area contributed by atoms with Gasteiger partial charge in [-0.1, -0.05) is 6.92 Å². The molecule has 0 heteroatoms. The molecule has 0 saturated heterocycles. The van der Waals surface area contributed by atoms with Gasteiger partial charge in [-0.25, -0.2) is 0 Å². The summed E-state index contributed by atoms with van der Waals surface area (Å²) in [6, 6.07) is 0. The molecule has 8 heavy (non-hydrogen) atoms. The van der Waals surface area contributed by atoms with Gasteiger partial charge in [0.25, 0.3) is 0 Å². The Morgan fingerprint density at radius 1 is 1.12 bits per heavy atom. The summed E-state index contributed by atoms with van der Waals surface area (Å²) in [5.41, 5.74) is 1.96. The van der Waals surface area contributed by atoms with E-state index in [4.69, 9.17) is 0 Å². The summed E-state index contributed by atoms with van der Waals surface area (Å²) in [7, 11) is 0. The largest absolute Gasteiger partial charge is 0.0625 e. The van der Waals surface area contributed by atoms with Crippen LogP contribution in [0.1, 0.15) is 32.6 Å². The summed E-state index contributed by atoms with van der Waals surface area (Å²) in [5, 5.41) is 0.